The van der Waals surface area contributed by atoms with Gasteiger partial charge < -0.3 is 12.3 Å². The van der Waals surface area contributed by atoms with Gasteiger partial charge in [0.05, 0.1) is 0 Å². The van der Waals surface area contributed by atoms with Gasteiger partial charge in [0.15, 0.2) is 8.32 Å². The zero-order valence-electron chi connectivity index (χ0n) is 22.7. The van der Waals surface area contributed by atoms with Gasteiger partial charge in [-0.3, -0.25) is 0 Å². The van der Waals surface area contributed by atoms with Gasteiger partial charge in [-0.2, -0.15) is 0 Å². The number of hydrogen-bond donors (Lipinski definition) is 0. The fourth-order valence-corrected chi connectivity index (χ4v) is 26.7. The van der Waals surface area contributed by atoms with Crippen molar-refractivity contribution in [3.05, 3.63) is 0 Å². The molecule has 3 nitrogen and oxygen atoms in total. The van der Waals surface area contributed by atoms with E-state index in [1.807, 2.05) is 0 Å². The van der Waals surface area contributed by atoms with Crippen LogP contribution in [-0.4, -0.2) is 35.2 Å². The molecule has 0 fully saturated rings. The highest BCUT2D eigenvalue weighted by atomic mass is 28.5. The highest BCUT2D eigenvalue weighted by Gasteiger charge is 2.51. The van der Waals surface area contributed by atoms with Gasteiger partial charge >= 0.3 is 17.1 Å². The van der Waals surface area contributed by atoms with Crippen LogP contribution in [0.25, 0.3) is 0 Å². The second-order valence-corrected chi connectivity index (χ2v) is 23.1. The Balaban J connectivity index is 6.20. The second-order valence-electron chi connectivity index (χ2n) is 9.66. The highest BCUT2D eigenvalue weighted by molar-refractivity contribution is 6.89. The first-order valence-electron chi connectivity index (χ1n) is 13.9. The summed E-state index contributed by atoms with van der Waals surface area (Å²) in [5, 5.41) is 0. The van der Waals surface area contributed by atoms with Crippen molar-refractivity contribution in [2.45, 2.75) is 155 Å². The lowest BCUT2D eigenvalue weighted by Gasteiger charge is -2.46. The molecule has 0 aromatic carbocycles. The Hall–Kier alpha value is 0.748. The molecule has 0 aliphatic heterocycles. The molecule has 0 aromatic heterocycles. The SMILES string of the molecule is CCC[SiH2]O[Si](CCC)(CCC)O[Si](CCC)(CCC)O[Si](CCC)(CCC)CCC. The summed E-state index contributed by atoms with van der Waals surface area (Å²) in [5.41, 5.74) is 0. The summed E-state index contributed by atoms with van der Waals surface area (Å²) in [5.74, 6) is 0. The quantitative estimate of drug-likeness (QED) is 0.109. The lowest BCUT2D eigenvalue weighted by Crippen LogP contribution is -2.60. The molecule has 0 saturated heterocycles. The average molecular weight is 507 g/mol. The van der Waals surface area contributed by atoms with E-state index in [1.54, 1.807) is 0 Å². The molecule has 31 heavy (non-hydrogen) atoms. The summed E-state index contributed by atoms with van der Waals surface area (Å²) in [6.45, 7) is 18.7. The van der Waals surface area contributed by atoms with Crippen molar-refractivity contribution in [1.29, 1.82) is 0 Å². The van der Waals surface area contributed by atoms with Gasteiger partial charge in [0.2, 0.25) is 0 Å². The third-order valence-corrected chi connectivity index (χ3v) is 25.7. The van der Waals surface area contributed by atoms with Crippen LogP contribution < -0.4 is 0 Å². The van der Waals surface area contributed by atoms with Crippen LogP contribution >= 0.6 is 0 Å². The van der Waals surface area contributed by atoms with Crippen molar-refractivity contribution in [3.8, 4) is 0 Å². The number of hydrogen-bond acceptors (Lipinski definition) is 3. The minimum absolute atomic E-state index is 0.486. The van der Waals surface area contributed by atoms with E-state index in [4.69, 9.17) is 12.3 Å². The van der Waals surface area contributed by atoms with Gasteiger partial charge in [0.25, 0.3) is 0 Å². The van der Waals surface area contributed by atoms with Crippen molar-refractivity contribution in [2.75, 3.05) is 0 Å². The Kier molecular flexibility index (Phi) is 18.6. The van der Waals surface area contributed by atoms with Crippen LogP contribution in [0.5, 0.6) is 0 Å². The molecular formula is C24H58O3Si4. The van der Waals surface area contributed by atoms with Crippen LogP contribution in [0, 0.1) is 0 Å². The van der Waals surface area contributed by atoms with Crippen LogP contribution in [0.1, 0.15) is 107 Å². The Morgan fingerprint density at radius 2 is 0.839 bits per heavy atom. The molecule has 0 atom stereocenters. The molecule has 7 heteroatoms. The lowest BCUT2D eigenvalue weighted by molar-refractivity contribution is 0.301. The molecule has 0 aliphatic carbocycles. The number of rotatable bonds is 22. The van der Waals surface area contributed by atoms with Gasteiger partial charge in [0, 0.05) is 0 Å². The minimum Gasteiger partial charge on any atom is -0.442 e. The maximum Gasteiger partial charge on any atom is 0.319 e. The summed E-state index contributed by atoms with van der Waals surface area (Å²) in [4.78, 5) is 0. The Morgan fingerprint density at radius 3 is 1.19 bits per heavy atom. The van der Waals surface area contributed by atoms with E-state index in [9.17, 15) is 0 Å². The molecule has 0 aromatic rings. The predicted molar refractivity (Wildman–Crippen MR) is 150 cm³/mol. The summed E-state index contributed by atoms with van der Waals surface area (Å²) in [7, 11) is -6.74. The fourth-order valence-electron chi connectivity index (χ4n) is 5.31. The summed E-state index contributed by atoms with van der Waals surface area (Å²) >= 11 is 0. The second kappa shape index (κ2) is 18.1. The first-order valence-corrected chi connectivity index (χ1v) is 22.5. The average Bonchev–Trinajstić information content (AvgIpc) is 2.69. The van der Waals surface area contributed by atoms with E-state index in [1.165, 1.54) is 75.5 Å². The largest absolute Gasteiger partial charge is 0.442 e. The smallest absolute Gasteiger partial charge is 0.319 e. The summed E-state index contributed by atoms with van der Waals surface area (Å²) in [6.07, 6.45) is 9.71. The van der Waals surface area contributed by atoms with Crippen LogP contribution in [0.2, 0.25) is 48.4 Å². The van der Waals surface area contributed by atoms with Crippen LogP contribution in [0.4, 0.5) is 0 Å². The van der Waals surface area contributed by atoms with Gasteiger partial charge in [-0.25, -0.2) is 0 Å². The van der Waals surface area contributed by atoms with Gasteiger partial charge in [-0.05, 0) is 48.4 Å². The Labute approximate surface area is 202 Å². The maximum absolute atomic E-state index is 7.61. The molecule has 0 rings (SSSR count). The Bertz CT molecular complexity index is 395. The van der Waals surface area contributed by atoms with Gasteiger partial charge in [-0.15, -0.1) is 0 Å². The first-order chi connectivity index (χ1) is 14.9. The van der Waals surface area contributed by atoms with E-state index >= 15 is 0 Å². The van der Waals surface area contributed by atoms with Crippen molar-refractivity contribution >= 4 is 35.2 Å². The highest BCUT2D eigenvalue weighted by Crippen LogP contribution is 2.39. The third kappa shape index (κ3) is 11.6. The van der Waals surface area contributed by atoms with Crippen LogP contribution in [0.15, 0.2) is 0 Å². The molecule has 0 aliphatic rings. The normalized spacial score (nSPS) is 13.5. The third-order valence-electron chi connectivity index (χ3n) is 6.28. The van der Waals surface area contributed by atoms with E-state index < -0.39 is 35.2 Å². The monoisotopic (exact) mass is 506 g/mol. The van der Waals surface area contributed by atoms with Crippen LogP contribution in [-0.2, 0) is 12.3 Å². The zero-order chi connectivity index (χ0) is 23.6. The molecule has 0 radical (unpaired) electrons. The van der Waals surface area contributed by atoms with Crippen molar-refractivity contribution in [2.24, 2.45) is 0 Å². The van der Waals surface area contributed by atoms with Gasteiger partial charge in [-0.1, -0.05) is 107 Å². The molecule has 0 unspecified atom stereocenters. The first kappa shape index (κ1) is 31.7. The lowest BCUT2D eigenvalue weighted by atomic mass is 10.6. The molecule has 0 N–H and O–H groups in total. The molecule has 0 bridgehead atoms. The van der Waals surface area contributed by atoms with Crippen LogP contribution in [0.3, 0.4) is 0 Å². The molecule has 0 spiro atoms. The van der Waals surface area contributed by atoms with E-state index in [2.05, 4.69) is 55.4 Å². The zero-order valence-corrected chi connectivity index (χ0v) is 27.2. The fraction of sp³-hybridized carbons (Fsp3) is 1.00. The van der Waals surface area contributed by atoms with E-state index in [0.717, 1.165) is 24.2 Å². The predicted octanol–water partition coefficient (Wildman–Crippen LogP) is 8.65. The Morgan fingerprint density at radius 1 is 0.452 bits per heavy atom. The van der Waals surface area contributed by atoms with E-state index in [-0.39, 0.29) is 0 Å². The standard InChI is InChI=1S/C24H58O3Si4/c1-9-17-28-25-30(21-13-5,22-14-6)27-31(23-15-7,24-16-8)26-29(18-10-2,19-11-3)20-12-4/h9-24,28H2,1-8H3. The molecule has 188 valence electrons. The molecule has 0 saturated carbocycles. The van der Waals surface area contributed by atoms with Crippen molar-refractivity contribution < 1.29 is 12.3 Å². The van der Waals surface area contributed by atoms with E-state index in [0.29, 0.717) is 0 Å². The van der Waals surface area contributed by atoms with Crippen molar-refractivity contribution in [3.63, 3.8) is 0 Å². The van der Waals surface area contributed by atoms with Gasteiger partial charge in [0.1, 0.15) is 9.76 Å². The summed E-state index contributed by atoms with van der Waals surface area (Å²) in [6, 6.07) is 9.84. The minimum atomic E-state index is -2.29. The molecule has 0 heterocycles. The molecular weight excluding hydrogens is 449 g/mol. The maximum atomic E-state index is 7.61. The molecule has 0 amide bonds. The topological polar surface area (TPSA) is 27.7 Å². The summed E-state index contributed by atoms with van der Waals surface area (Å²) < 4.78 is 22.1. The van der Waals surface area contributed by atoms with Crippen molar-refractivity contribution in [1.82, 2.24) is 0 Å².